The molecule has 0 aliphatic heterocycles. The van der Waals surface area contributed by atoms with Gasteiger partial charge < -0.3 is 0 Å². The van der Waals surface area contributed by atoms with E-state index in [4.69, 9.17) is 0 Å². The summed E-state index contributed by atoms with van der Waals surface area (Å²) in [7, 11) is 0. The first-order chi connectivity index (χ1) is 28.4. The van der Waals surface area contributed by atoms with Crippen molar-refractivity contribution in [3.05, 3.63) is 181 Å². The van der Waals surface area contributed by atoms with Crippen molar-refractivity contribution in [2.24, 2.45) is 0 Å². The Morgan fingerprint density at radius 3 is 1.07 bits per heavy atom. The Hall–Kier alpha value is -4.88. The first-order valence-corrected chi connectivity index (χ1v) is 27.3. The van der Waals surface area contributed by atoms with Crippen molar-refractivity contribution in [1.82, 2.24) is 0 Å². The minimum absolute atomic E-state index is 0.210. The maximum absolute atomic E-state index is 2.41. The average molecular weight is 844 g/mol. The molecule has 0 aliphatic carbocycles. The second-order valence-corrected chi connectivity index (χ2v) is 25.3. The van der Waals surface area contributed by atoms with Crippen LogP contribution >= 0.6 is 0 Å². The van der Waals surface area contributed by atoms with Gasteiger partial charge in [0.25, 0.3) is 0 Å². The SMILES string of the molecule is CCCCc1cc2c(-c3c4ccccc4cc4ccccc34)cccc2[cH-]1.CCCCc1cc2c(-c3c4ccccc4cc4ccccc34)cccc2[cH-]1.C[Si](C)=[Zr+2]. The van der Waals surface area contributed by atoms with Crippen molar-refractivity contribution in [1.29, 1.82) is 0 Å². The molecule has 58 heavy (non-hydrogen) atoms. The van der Waals surface area contributed by atoms with E-state index in [1.54, 1.807) is 23.3 Å². The van der Waals surface area contributed by atoms with Crippen LogP contribution in [0.1, 0.15) is 50.7 Å². The van der Waals surface area contributed by atoms with Gasteiger partial charge in [-0.2, -0.15) is 12.1 Å². The zero-order valence-electron chi connectivity index (χ0n) is 34.4. The van der Waals surface area contributed by atoms with Gasteiger partial charge in [-0.15, -0.1) is 69.1 Å². The molecule has 10 rings (SSSR count). The third-order valence-electron chi connectivity index (χ3n) is 11.3. The van der Waals surface area contributed by atoms with Crippen molar-refractivity contribution in [2.75, 3.05) is 0 Å². The number of fused-ring (bicyclic) bond motifs is 6. The maximum atomic E-state index is 2.41. The molecule has 0 aromatic heterocycles. The van der Waals surface area contributed by atoms with E-state index >= 15 is 0 Å². The number of rotatable bonds is 8. The van der Waals surface area contributed by atoms with Crippen LogP contribution < -0.4 is 0 Å². The Morgan fingerprint density at radius 2 is 0.741 bits per heavy atom. The second kappa shape index (κ2) is 18.4. The standard InChI is InChI=1S/2C27H23.C2H6Si.Zr/c2*1-2-3-9-19-16-20-12-8-15-25(26(20)17-19)27-23-13-6-4-10-21(23)18-22-11-5-7-14-24(22)27;1-3-2;/h2*4-8,10-18H,2-3,9H2,1H3;1-2H3;/q2*-1;;+2. The summed E-state index contributed by atoms with van der Waals surface area (Å²) in [6, 6.07) is 62.8. The van der Waals surface area contributed by atoms with E-state index in [0.717, 1.165) is 0 Å². The molecule has 0 radical (unpaired) electrons. The Bertz CT molecular complexity index is 2720. The summed E-state index contributed by atoms with van der Waals surface area (Å²) in [5.74, 6) is 0. The van der Waals surface area contributed by atoms with Crippen LogP contribution in [0, 0.1) is 0 Å². The van der Waals surface area contributed by atoms with Crippen LogP contribution in [0.2, 0.25) is 13.1 Å². The number of hydrogen-bond acceptors (Lipinski definition) is 0. The first kappa shape index (κ1) is 39.9. The van der Waals surface area contributed by atoms with E-state index in [1.807, 2.05) is 0 Å². The van der Waals surface area contributed by atoms with Crippen LogP contribution in [0.3, 0.4) is 0 Å². The summed E-state index contributed by atoms with van der Waals surface area (Å²) >= 11 is 1.74. The molecule has 10 aromatic carbocycles. The van der Waals surface area contributed by atoms with E-state index in [0.29, 0.717) is 0 Å². The van der Waals surface area contributed by atoms with E-state index in [9.17, 15) is 0 Å². The fourth-order valence-corrected chi connectivity index (χ4v) is 8.69. The van der Waals surface area contributed by atoms with Gasteiger partial charge in [-0.1, -0.05) is 160 Å². The zero-order chi connectivity index (χ0) is 40.0. The monoisotopic (exact) mass is 842 g/mol. The van der Waals surface area contributed by atoms with E-state index in [1.165, 1.54) is 137 Å². The van der Waals surface area contributed by atoms with Crippen LogP contribution in [0.4, 0.5) is 0 Å². The molecule has 0 N–H and O–H groups in total. The molecular formula is C56H52SiZr. The molecule has 0 saturated heterocycles. The summed E-state index contributed by atoms with van der Waals surface area (Å²) in [4.78, 5) is 0. The molecule has 0 heterocycles. The van der Waals surface area contributed by atoms with E-state index < -0.39 is 0 Å². The topological polar surface area (TPSA) is 0 Å². The van der Waals surface area contributed by atoms with Gasteiger partial charge >= 0.3 is 41.9 Å². The van der Waals surface area contributed by atoms with Crippen molar-refractivity contribution in [2.45, 2.75) is 65.5 Å². The van der Waals surface area contributed by atoms with Gasteiger partial charge in [-0.05, 0) is 79.2 Å². The molecular weight excluding hydrogens is 792 g/mol. The normalized spacial score (nSPS) is 11.3. The zero-order valence-corrected chi connectivity index (χ0v) is 37.9. The quantitative estimate of drug-likeness (QED) is 0.0812. The number of aryl methyl sites for hydroxylation is 2. The van der Waals surface area contributed by atoms with Crippen LogP contribution in [0.5, 0.6) is 0 Å². The third-order valence-corrected chi connectivity index (χ3v) is 11.3. The molecule has 0 spiro atoms. The Morgan fingerprint density at radius 1 is 0.414 bits per heavy atom. The van der Waals surface area contributed by atoms with Crippen LogP contribution in [0.15, 0.2) is 170 Å². The van der Waals surface area contributed by atoms with Gasteiger partial charge in [0.2, 0.25) is 0 Å². The number of hydrogen-bond donors (Lipinski definition) is 0. The van der Waals surface area contributed by atoms with Crippen molar-refractivity contribution < 1.29 is 23.3 Å². The van der Waals surface area contributed by atoms with Gasteiger partial charge in [0, 0.05) is 0 Å². The molecule has 0 atom stereocenters. The molecule has 0 aliphatic rings. The summed E-state index contributed by atoms with van der Waals surface area (Å²) in [5.41, 5.74) is 8.56. The van der Waals surface area contributed by atoms with Crippen LogP contribution in [0.25, 0.3) is 86.9 Å². The molecule has 0 bridgehead atoms. The van der Waals surface area contributed by atoms with E-state index in [-0.39, 0.29) is 5.43 Å². The Kier molecular flexibility index (Phi) is 12.6. The Labute approximate surface area is 359 Å². The predicted molar refractivity (Wildman–Crippen MR) is 255 cm³/mol. The van der Waals surface area contributed by atoms with Gasteiger partial charge in [-0.25, -0.2) is 0 Å². The molecule has 0 fully saturated rings. The molecule has 0 nitrogen and oxygen atoms in total. The summed E-state index contributed by atoms with van der Waals surface area (Å²) < 4.78 is 0. The van der Waals surface area contributed by atoms with Crippen molar-refractivity contribution in [3.8, 4) is 22.3 Å². The number of benzene rings is 8. The Balaban J connectivity index is 0.000000148. The van der Waals surface area contributed by atoms with Gasteiger partial charge in [0.15, 0.2) is 0 Å². The fourth-order valence-electron chi connectivity index (χ4n) is 8.69. The number of unbranched alkanes of at least 4 members (excludes halogenated alkanes) is 2. The summed E-state index contributed by atoms with van der Waals surface area (Å²) in [6.07, 6.45) is 7.32. The van der Waals surface area contributed by atoms with Crippen LogP contribution in [-0.4, -0.2) is 5.43 Å². The molecule has 0 amide bonds. The predicted octanol–water partition coefficient (Wildman–Crippen LogP) is 16.5. The van der Waals surface area contributed by atoms with Gasteiger partial charge in [0.1, 0.15) is 0 Å². The average Bonchev–Trinajstić information content (AvgIpc) is 3.87. The molecule has 0 unspecified atom stereocenters. The molecule has 10 aromatic rings. The second-order valence-electron chi connectivity index (χ2n) is 15.9. The van der Waals surface area contributed by atoms with Crippen LogP contribution in [-0.2, 0) is 36.2 Å². The fraction of sp³-hybridized carbons (Fsp3) is 0.179. The molecule has 0 saturated carbocycles. The summed E-state index contributed by atoms with van der Waals surface area (Å²) in [5, 5.41) is 16.0. The van der Waals surface area contributed by atoms with Gasteiger partial charge in [-0.3, -0.25) is 0 Å². The van der Waals surface area contributed by atoms with Crippen molar-refractivity contribution in [3.63, 3.8) is 0 Å². The molecule has 284 valence electrons. The van der Waals surface area contributed by atoms with Crippen molar-refractivity contribution >= 4 is 70.1 Å². The third kappa shape index (κ3) is 8.47. The minimum atomic E-state index is 0.210. The van der Waals surface area contributed by atoms with Gasteiger partial charge in [0.05, 0.1) is 0 Å². The first-order valence-electron chi connectivity index (χ1n) is 21.1. The summed E-state index contributed by atoms with van der Waals surface area (Å²) in [6.45, 7) is 9.14. The molecule has 2 heteroatoms. The van der Waals surface area contributed by atoms with E-state index in [2.05, 4.69) is 197 Å².